The van der Waals surface area contributed by atoms with Gasteiger partial charge in [0.1, 0.15) is 0 Å². The number of nitrogens with one attached hydrogen (secondary N) is 2. The second-order valence-corrected chi connectivity index (χ2v) is 5.11. The summed E-state index contributed by atoms with van der Waals surface area (Å²) in [5.41, 5.74) is 0. The Kier molecular flexibility index (Phi) is 7.01. The van der Waals surface area contributed by atoms with Crippen LogP contribution in [0.5, 0.6) is 0 Å². The van der Waals surface area contributed by atoms with Gasteiger partial charge in [-0.25, -0.2) is 0 Å². The van der Waals surface area contributed by atoms with Gasteiger partial charge in [-0.3, -0.25) is 4.79 Å². The Bertz CT molecular complexity index is 273. The van der Waals surface area contributed by atoms with E-state index in [-0.39, 0.29) is 5.91 Å². The highest BCUT2D eigenvalue weighted by atomic mass is 32.1. The van der Waals surface area contributed by atoms with E-state index in [1.54, 1.807) is 0 Å². The van der Waals surface area contributed by atoms with E-state index in [1.807, 2.05) is 18.7 Å². The fourth-order valence-electron chi connectivity index (χ4n) is 2.32. The van der Waals surface area contributed by atoms with Crippen molar-refractivity contribution in [2.45, 2.75) is 52.0 Å². The maximum absolute atomic E-state index is 11.8. The topological polar surface area (TPSA) is 44.4 Å². The zero-order valence-electron chi connectivity index (χ0n) is 11.5. The first kappa shape index (κ1) is 15.2. The molecule has 0 bridgehead atoms. The maximum Gasteiger partial charge on any atom is 0.224 e. The lowest BCUT2D eigenvalue weighted by atomic mass is 10.2. The Labute approximate surface area is 115 Å². The van der Waals surface area contributed by atoms with Crippen LogP contribution in [0, 0.1) is 0 Å². The summed E-state index contributed by atoms with van der Waals surface area (Å²) in [6, 6.07) is 0.531. The molecule has 1 amide bonds. The number of rotatable bonds is 6. The van der Waals surface area contributed by atoms with Gasteiger partial charge >= 0.3 is 0 Å². The highest BCUT2D eigenvalue weighted by molar-refractivity contribution is 7.80. The molecule has 2 N–H and O–H groups in total. The number of carbonyl (C=O) groups excluding carboxylic acids is 1. The fourth-order valence-corrected chi connectivity index (χ4v) is 2.59. The Morgan fingerprint density at radius 3 is 2.44 bits per heavy atom. The van der Waals surface area contributed by atoms with Crippen LogP contribution < -0.4 is 10.6 Å². The molecule has 1 saturated carbocycles. The molecule has 0 aliphatic heterocycles. The molecule has 0 radical (unpaired) electrons. The summed E-state index contributed by atoms with van der Waals surface area (Å²) in [6.45, 7) is 6.18. The summed E-state index contributed by atoms with van der Waals surface area (Å²) in [6.07, 6.45) is 5.51. The lowest BCUT2D eigenvalue weighted by Gasteiger charge is -2.19. The second-order valence-electron chi connectivity index (χ2n) is 4.70. The number of thiocarbonyl (C=S) groups is 1. The summed E-state index contributed by atoms with van der Waals surface area (Å²) >= 11 is 5.22. The van der Waals surface area contributed by atoms with Gasteiger partial charge in [0.2, 0.25) is 5.91 Å². The maximum atomic E-state index is 11.8. The molecule has 0 spiro atoms. The predicted octanol–water partition coefficient (Wildman–Crippen LogP) is 1.65. The molecular weight excluding hydrogens is 246 g/mol. The molecule has 0 unspecified atom stereocenters. The van der Waals surface area contributed by atoms with E-state index < -0.39 is 0 Å². The minimum atomic E-state index is 0.191. The largest absolute Gasteiger partial charge is 0.362 e. The predicted molar refractivity (Wildman–Crippen MR) is 78.5 cm³/mol. The van der Waals surface area contributed by atoms with Gasteiger partial charge in [-0.2, -0.15) is 0 Å². The lowest BCUT2D eigenvalue weighted by molar-refractivity contribution is -0.130. The van der Waals surface area contributed by atoms with Gasteiger partial charge in [0.05, 0.1) is 0 Å². The fraction of sp³-hybridized carbons (Fsp3) is 0.846. The van der Waals surface area contributed by atoms with E-state index in [1.165, 1.54) is 25.7 Å². The molecule has 1 rings (SSSR count). The van der Waals surface area contributed by atoms with Crippen LogP contribution in [-0.2, 0) is 4.79 Å². The summed E-state index contributed by atoms with van der Waals surface area (Å²) in [4.78, 5) is 13.6. The lowest BCUT2D eigenvalue weighted by Crippen LogP contribution is -2.42. The average Bonchev–Trinajstić information content (AvgIpc) is 2.83. The first-order chi connectivity index (χ1) is 8.67. The van der Waals surface area contributed by atoms with Gasteiger partial charge in [0.15, 0.2) is 5.11 Å². The Balaban J connectivity index is 2.12. The van der Waals surface area contributed by atoms with Crippen LogP contribution in [0.3, 0.4) is 0 Å². The first-order valence-electron chi connectivity index (χ1n) is 6.99. The van der Waals surface area contributed by atoms with Crippen LogP contribution in [-0.4, -0.2) is 41.6 Å². The molecule has 0 atom stereocenters. The molecule has 1 fully saturated rings. The normalized spacial score (nSPS) is 15.4. The summed E-state index contributed by atoms with van der Waals surface area (Å²) in [5, 5.41) is 7.11. The van der Waals surface area contributed by atoms with Gasteiger partial charge in [0.25, 0.3) is 0 Å². The van der Waals surface area contributed by atoms with Crippen molar-refractivity contribution in [3.05, 3.63) is 0 Å². The van der Waals surface area contributed by atoms with Crippen molar-refractivity contribution in [3.8, 4) is 0 Å². The Morgan fingerprint density at radius 2 is 1.89 bits per heavy atom. The number of nitrogens with zero attached hydrogens (tertiary/aromatic N) is 1. The molecule has 4 nitrogen and oxygen atoms in total. The van der Waals surface area contributed by atoms with Crippen molar-refractivity contribution < 1.29 is 4.79 Å². The molecule has 1 aliphatic carbocycles. The van der Waals surface area contributed by atoms with E-state index >= 15 is 0 Å². The van der Waals surface area contributed by atoms with Gasteiger partial charge in [-0.1, -0.05) is 12.8 Å². The van der Waals surface area contributed by atoms with Crippen molar-refractivity contribution in [1.29, 1.82) is 0 Å². The van der Waals surface area contributed by atoms with Crippen molar-refractivity contribution in [2.24, 2.45) is 0 Å². The molecule has 5 heteroatoms. The van der Waals surface area contributed by atoms with Crippen LogP contribution in [0.15, 0.2) is 0 Å². The van der Waals surface area contributed by atoms with Gasteiger partial charge in [-0.05, 0) is 38.9 Å². The quantitative estimate of drug-likeness (QED) is 0.721. The van der Waals surface area contributed by atoms with Crippen LogP contribution >= 0.6 is 12.2 Å². The third-order valence-electron chi connectivity index (χ3n) is 3.43. The second kappa shape index (κ2) is 8.29. The molecular formula is C13H25N3OS. The number of amides is 1. The molecule has 0 saturated heterocycles. The zero-order chi connectivity index (χ0) is 13.4. The zero-order valence-corrected chi connectivity index (χ0v) is 12.3. The van der Waals surface area contributed by atoms with E-state index in [0.717, 1.165) is 13.1 Å². The monoisotopic (exact) mass is 271 g/mol. The minimum Gasteiger partial charge on any atom is -0.362 e. The summed E-state index contributed by atoms with van der Waals surface area (Å²) in [7, 11) is 0. The molecule has 0 aromatic rings. The summed E-state index contributed by atoms with van der Waals surface area (Å²) in [5.74, 6) is 0.191. The highest BCUT2D eigenvalue weighted by Crippen LogP contribution is 2.17. The van der Waals surface area contributed by atoms with E-state index in [2.05, 4.69) is 10.6 Å². The van der Waals surface area contributed by atoms with Crippen LogP contribution in [0.2, 0.25) is 0 Å². The first-order valence-corrected chi connectivity index (χ1v) is 7.40. The third-order valence-corrected chi connectivity index (χ3v) is 3.69. The Hall–Kier alpha value is -0.840. The van der Waals surface area contributed by atoms with Gasteiger partial charge < -0.3 is 15.5 Å². The minimum absolute atomic E-state index is 0.191. The van der Waals surface area contributed by atoms with Crippen LogP contribution in [0.25, 0.3) is 0 Å². The van der Waals surface area contributed by atoms with Crippen molar-refractivity contribution in [3.63, 3.8) is 0 Å². The summed E-state index contributed by atoms with van der Waals surface area (Å²) < 4.78 is 0. The number of hydrogen-bond acceptors (Lipinski definition) is 2. The van der Waals surface area contributed by atoms with E-state index in [0.29, 0.717) is 24.1 Å². The standard InChI is InChI=1S/C13H25N3OS/c1-3-16(4-2)12(17)9-10-14-13(18)15-11-7-5-6-8-11/h11H,3-10H2,1-2H3,(H2,14,15,18). The van der Waals surface area contributed by atoms with Crippen LogP contribution in [0.1, 0.15) is 46.0 Å². The van der Waals surface area contributed by atoms with Gasteiger partial charge in [-0.15, -0.1) is 0 Å². The molecule has 104 valence electrons. The SMILES string of the molecule is CCN(CC)C(=O)CCNC(=S)NC1CCCC1. The van der Waals surface area contributed by atoms with Crippen LogP contribution in [0.4, 0.5) is 0 Å². The van der Waals surface area contributed by atoms with Gasteiger partial charge in [0, 0.05) is 32.1 Å². The number of carbonyl (C=O) groups is 1. The smallest absolute Gasteiger partial charge is 0.224 e. The molecule has 0 aromatic heterocycles. The van der Waals surface area contributed by atoms with Crippen molar-refractivity contribution in [2.75, 3.05) is 19.6 Å². The number of hydrogen-bond donors (Lipinski definition) is 2. The van der Waals surface area contributed by atoms with E-state index in [4.69, 9.17) is 12.2 Å². The van der Waals surface area contributed by atoms with Crippen molar-refractivity contribution >= 4 is 23.2 Å². The third kappa shape index (κ3) is 5.21. The highest BCUT2D eigenvalue weighted by Gasteiger charge is 2.15. The molecule has 18 heavy (non-hydrogen) atoms. The molecule has 0 heterocycles. The van der Waals surface area contributed by atoms with Crippen molar-refractivity contribution in [1.82, 2.24) is 15.5 Å². The average molecular weight is 271 g/mol. The Morgan fingerprint density at radius 1 is 1.28 bits per heavy atom. The molecule has 1 aliphatic rings. The van der Waals surface area contributed by atoms with E-state index in [9.17, 15) is 4.79 Å². The molecule has 0 aromatic carbocycles.